The Labute approximate surface area is 106 Å². The van der Waals surface area contributed by atoms with Crippen LogP contribution in [0.25, 0.3) is 5.65 Å². The molecule has 0 amide bonds. The molecular weight excluding hydrogens is 229 g/mol. The third-order valence-corrected chi connectivity index (χ3v) is 2.78. The Bertz CT molecular complexity index is 545. The molecule has 96 valence electrons. The average Bonchev–Trinajstić information content (AvgIpc) is 2.69. The Kier molecular flexibility index (Phi) is 4.10. The first-order chi connectivity index (χ1) is 8.69. The van der Waals surface area contributed by atoms with Crippen LogP contribution in [0.5, 0.6) is 0 Å². The van der Waals surface area contributed by atoms with Crippen LogP contribution in [0.2, 0.25) is 0 Å². The number of aromatic nitrogens is 2. The van der Waals surface area contributed by atoms with Crippen LogP contribution in [0.15, 0.2) is 36.7 Å². The summed E-state index contributed by atoms with van der Waals surface area (Å²) in [5.74, 6) is 0. The van der Waals surface area contributed by atoms with Crippen molar-refractivity contribution in [1.82, 2.24) is 14.7 Å². The quantitative estimate of drug-likeness (QED) is 0.795. The Hall–Kier alpha value is -1.68. The second-order valence-corrected chi connectivity index (χ2v) is 4.48. The molecule has 4 heteroatoms. The number of aryl methyl sites for hydroxylation is 1. The summed E-state index contributed by atoms with van der Waals surface area (Å²) in [6.45, 7) is 6.86. The van der Waals surface area contributed by atoms with Gasteiger partial charge in [-0.15, -0.1) is 0 Å². The Balaban J connectivity index is 1.93. The smallest absolute Gasteiger partial charge is 0.136 e. The molecule has 0 aromatic carbocycles. The first-order valence-electron chi connectivity index (χ1n) is 6.06. The Morgan fingerprint density at radius 1 is 1.44 bits per heavy atom. The zero-order valence-electron chi connectivity index (χ0n) is 10.6. The maximum absolute atomic E-state index is 12.1. The third-order valence-electron chi connectivity index (χ3n) is 2.78. The molecule has 0 unspecified atom stereocenters. The van der Waals surface area contributed by atoms with Crippen LogP contribution in [0.3, 0.4) is 0 Å². The standard InChI is InChI=1S/C14H18FN3/c1-11(5-6-15)7-16-8-13-3-4-14-17-12(2)9-18(14)10-13/h3-4,9-10,16H,1,5-8H2,2H3. The second-order valence-electron chi connectivity index (χ2n) is 4.48. The Morgan fingerprint density at radius 3 is 3.06 bits per heavy atom. The minimum absolute atomic E-state index is 0.333. The highest BCUT2D eigenvalue weighted by molar-refractivity contribution is 5.41. The van der Waals surface area contributed by atoms with E-state index in [0.29, 0.717) is 13.0 Å². The number of hydrogen-bond acceptors (Lipinski definition) is 2. The van der Waals surface area contributed by atoms with Gasteiger partial charge in [-0.2, -0.15) is 0 Å². The van der Waals surface area contributed by atoms with Gasteiger partial charge in [-0.3, -0.25) is 4.39 Å². The van der Waals surface area contributed by atoms with Crippen LogP contribution < -0.4 is 5.32 Å². The highest BCUT2D eigenvalue weighted by Gasteiger charge is 2.00. The van der Waals surface area contributed by atoms with E-state index in [1.165, 1.54) is 5.56 Å². The van der Waals surface area contributed by atoms with Crippen molar-refractivity contribution in [3.63, 3.8) is 0 Å². The number of nitrogens with zero attached hydrogens (tertiary/aromatic N) is 2. The maximum Gasteiger partial charge on any atom is 0.136 e. The van der Waals surface area contributed by atoms with Crippen LogP contribution in [-0.2, 0) is 6.54 Å². The summed E-state index contributed by atoms with van der Waals surface area (Å²) in [6.07, 6.45) is 4.49. The van der Waals surface area contributed by atoms with Gasteiger partial charge in [-0.05, 0) is 25.0 Å². The molecule has 0 aliphatic heterocycles. The molecule has 0 aliphatic carbocycles. The fraction of sp³-hybridized carbons (Fsp3) is 0.357. The SMILES string of the molecule is C=C(CCF)CNCc1ccc2nc(C)cn2c1. The monoisotopic (exact) mass is 247 g/mol. The topological polar surface area (TPSA) is 29.3 Å². The first-order valence-corrected chi connectivity index (χ1v) is 6.06. The van der Waals surface area contributed by atoms with Crippen molar-refractivity contribution >= 4 is 5.65 Å². The van der Waals surface area contributed by atoms with Gasteiger partial charge in [0.25, 0.3) is 0 Å². The molecule has 2 aromatic heterocycles. The van der Waals surface area contributed by atoms with Crippen molar-refractivity contribution in [3.05, 3.63) is 47.9 Å². The third kappa shape index (κ3) is 3.17. The largest absolute Gasteiger partial charge is 0.309 e. The van der Waals surface area contributed by atoms with Crippen LogP contribution in [0, 0.1) is 6.92 Å². The van der Waals surface area contributed by atoms with Crippen LogP contribution >= 0.6 is 0 Å². The van der Waals surface area contributed by atoms with E-state index < -0.39 is 0 Å². The molecule has 3 nitrogen and oxygen atoms in total. The molecule has 0 atom stereocenters. The van der Waals surface area contributed by atoms with Gasteiger partial charge in [0, 0.05) is 25.5 Å². The van der Waals surface area contributed by atoms with Crippen molar-refractivity contribution in [2.45, 2.75) is 19.9 Å². The summed E-state index contributed by atoms with van der Waals surface area (Å²) in [6, 6.07) is 4.05. The normalized spacial score (nSPS) is 11.0. The fourth-order valence-electron chi connectivity index (χ4n) is 1.87. The van der Waals surface area contributed by atoms with Gasteiger partial charge in [0.05, 0.1) is 12.4 Å². The average molecular weight is 247 g/mol. The van der Waals surface area contributed by atoms with E-state index in [1.54, 1.807) is 0 Å². The highest BCUT2D eigenvalue weighted by atomic mass is 19.1. The van der Waals surface area contributed by atoms with Crippen LogP contribution in [0.1, 0.15) is 17.7 Å². The van der Waals surface area contributed by atoms with Gasteiger partial charge < -0.3 is 9.72 Å². The summed E-state index contributed by atoms with van der Waals surface area (Å²) >= 11 is 0. The molecule has 0 saturated carbocycles. The summed E-state index contributed by atoms with van der Waals surface area (Å²) in [4.78, 5) is 4.37. The van der Waals surface area contributed by atoms with Crippen LogP contribution in [-0.4, -0.2) is 22.6 Å². The number of hydrogen-bond donors (Lipinski definition) is 1. The lowest BCUT2D eigenvalue weighted by molar-refractivity contribution is 0.489. The lowest BCUT2D eigenvalue weighted by Crippen LogP contribution is -2.16. The molecule has 0 spiro atoms. The number of nitrogens with one attached hydrogen (secondary N) is 1. The van der Waals surface area contributed by atoms with Gasteiger partial charge in [-0.25, -0.2) is 4.98 Å². The summed E-state index contributed by atoms with van der Waals surface area (Å²) < 4.78 is 14.1. The van der Waals surface area contributed by atoms with Gasteiger partial charge >= 0.3 is 0 Å². The minimum atomic E-state index is -0.333. The van der Waals surface area contributed by atoms with Crippen molar-refractivity contribution in [2.24, 2.45) is 0 Å². The van der Waals surface area contributed by atoms with Gasteiger partial charge in [0.2, 0.25) is 0 Å². The molecule has 1 N–H and O–H groups in total. The lowest BCUT2D eigenvalue weighted by atomic mass is 10.2. The van der Waals surface area contributed by atoms with Crippen molar-refractivity contribution in [2.75, 3.05) is 13.2 Å². The van der Waals surface area contributed by atoms with Gasteiger partial charge in [-0.1, -0.05) is 18.2 Å². The van der Waals surface area contributed by atoms with E-state index in [0.717, 1.165) is 23.5 Å². The maximum atomic E-state index is 12.1. The summed E-state index contributed by atoms with van der Waals surface area (Å²) in [5, 5.41) is 3.26. The predicted molar refractivity (Wildman–Crippen MR) is 71.4 cm³/mol. The van der Waals surface area contributed by atoms with Crippen molar-refractivity contribution in [1.29, 1.82) is 0 Å². The summed E-state index contributed by atoms with van der Waals surface area (Å²) in [7, 11) is 0. The lowest BCUT2D eigenvalue weighted by Gasteiger charge is -2.06. The van der Waals surface area contributed by atoms with Crippen molar-refractivity contribution in [3.8, 4) is 0 Å². The van der Waals surface area contributed by atoms with E-state index in [-0.39, 0.29) is 6.67 Å². The molecule has 18 heavy (non-hydrogen) atoms. The zero-order chi connectivity index (χ0) is 13.0. The van der Waals surface area contributed by atoms with Crippen molar-refractivity contribution < 1.29 is 4.39 Å². The number of alkyl halides is 1. The molecule has 2 heterocycles. The summed E-state index contributed by atoms with van der Waals surface area (Å²) in [5.41, 5.74) is 4.04. The molecule has 0 bridgehead atoms. The molecule has 0 fully saturated rings. The zero-order valence-corrected chi connectivity index (χ0v) is 10.6. The number of imidazole rings is 1. The molecule has 2 rings (SSSR count). The molecule has 2 aromatic rings. The van der Waals surface area contributed by atoms with E-state index in [9.17, 15) is 4.39 Å². The highest BCUT2D eigenvalue weighted by Crippen LogP contribution is 2.07. The fourth-order valence-corrected chi connectivity index (χ4v) is 1.87. The molecular formula is C14H18FN3. The number of halogens is 1. The molecule has 0 saturated heterocycles. The Morgan fingerprint density at radius 2 is 2.28 bits per heavy atom. The predicted octanol–water partition coefficient (Wildman–Crippen LogP) is 2.65. The number of fused-ring (bicyclic) bond motifs is 1. The minimum Gasteiger partial charge on any atom is -0.309 e. The second kappa shape index (κ2) is 5.78. The van der Waals surface area contributed by atoms with Gasteiger partial charge in [0.1, 0.15) is 5.65 Å². The molecule has 0 radical (unpaired) electrons. The van der Waals surface area contributed by atoms with Gasteiger partial charge in [0.15, 0.2) is 0 Å². The molecule has 0 aliphatic rings. The van der Waals surface area contributed by atoms with E-state index in [4.69, 9.17) is 0 Å². The van der Waals surface area contributed by atoms with E-state index in [2.05, 4.69) is 23.1 Å². The van der Waals surface area contributed by atoms with E-state index in [1.807, 2.05) is 29.7 Å². The number of rotatable bonds is 6. The number of pyridine rings is 1. The van der Waals surface area contributed by atoms with E-state index >= 15 is 0 Å². The van der Waals surface area contributed by atoms with Crippen LogP contribution in [0.4, 0.5) is 4.39 Å². The first kappa shape index (κ1) is 12.8.